The number of amides is 2. The Morgan fingerprint density at radius 2 is 2.03 bits per heavy atom. The molecule has 29 heavy (non-hydrogen) atoms. The van der Waals surface area contributed by atoms with Crippen LogP contribution in [0, 0.1) is 0 Å². The number of aromatic nitrogens is 2. The van der Waals surface area contributed by atoms with Crippen molar-refractivity contribution in [1.82, 2.24) is 15.1 Å². The van der Waals surface area contributed by atoms with Gasteiger partial charge < -0.3 is 15.1 Å². The average Bonchev–Trinajstić information content (AvgIpc) is 3.46. The van der Waals surface area contributed by atoms with E-state index in [1.54, 1.807) is 40.9 Å². The number of carbonyl (C=O) groups is 2. The molecule has 3 heterocycles. The first-order valence-corrected chi connectivity index (χ1v) is 10.3. The summed E-state index contributed by atoms with van der Waals surface area (Å²) in [5.41, 5.74) is 2.83. The first kappa shape index (κ1) is 19.1. The van der Waals surface area contributed by atoms with E-state index in [0.29, 0.717) is 18.1 Å². The third-order valence-corrected chi connectivity index (χ3v) is 5.39. The maximum absolute atomic E-state index is 12.4. The largest absolute Gasteiger partial charge is 0.467 e. The van der Waals surface area contributed by atoms with Gasteiger partial charge in [0.2, 0.25) is 11.8 Å². The number of furan rings is 1. The Kier molecular flexibility index (Phi) is 5.81. The highest BCUT2D eigenvalue weighted by atomic mass is 32.2. The molecule has 0 aliphatic carbocycles. The van der Waals surface area contributed by atoms with Crippen molar-refractivity contribution in [3.8, 4) is 0 Å². The monoisotopic (exact) mass is 408 g/mol. The highest BCUT2D eigenvalue weighted by molar-refractivity contribution is 7.98. The van der Waals surface area contributed by atoms with Crippen molar-refractivity contribution in [2.75, 3.05) is 5.32 Å². The Morgan fingerprint density at radius 3 is 2.83 bits per heavy atom. The second kappa shape index (κ2) is 8.83. The van der Waals surface area contributed by atoms with Gasteiger partial charge in [-0.05, 0) is 23.8 Å². The molecule has 7 nitrogen and oxygen atoms in total. The first-order valence-electron chi connectivity index (χ1n) is 9.18. The van der Waals surface area contributed by atoms with E-state index < -0.39 is 0 Å². The van der Waals surface area contributed by atoms with Crippen LogP contribution in [0.25, 0.3) is 6.08 Å². The van der Waals surface area contributed by atoms with Gasteiger partial charge in [-0.2, -0.15) is 16.9 Å². The third-order valence-electron chi connectivity index (χ3n) is 4.42. The van der Waals surface area contributed by atoms with Crippen molar-refractivity contribution in [1.29, 1.82) is 0 Å². The summed E-state index contributed by atoms with van der Waals surface area (Å²) in [4.78, 5) is 24.8. The predicted molar refractivity (Wildman–Crippen MR) is 112 cm³/mol. The number of carbonyl (C=O) groups excluding carboxylic acids is 2. The molecule has 2 aromatic heterocycles. The molecule has 1 aliphatic rings. The van der Waals surface area contributed by atoms with Crippen molar-refractivity contribution in [3.63, 3.8) is 0 Å². The summed E-state index contributed by atoms with van der Waals surface area (Å²) >= 11 is 1.74. The van der Waals surface area contributed by atoms with Crippen LogP contribution in [0.5, 0.6) is 0 Å². The van der Waals surface area contributed by atoms with E-state index >= 15 is 0 Å². The van der Waals surface area contributed by atoms with E-state index in [0.717, 1.165) is 28.3 Å². The predicted octanol–water partition coefficient (Wildman–Crippen LogP) is 3.19. The molecule has 3 aromatic rings. The lowest BCUT2D eigenvalue weighted by Crippen LogP contribution is -2.28. The van der Waals surface area contributed by atoms with E-state index in [-0.39, 0.29) is 18.4 Å². The van der Waals surface area contributed by atoms with E-state index in [1.165, 1.54) is 6.08 Å². The number of hydrogen-bond donors (Lipinski definition) is 2. The van der Waals surface area contributed by atoms with Gasteiger partial charge in [-0.1, -0.05) is 30.3 Å². The Bertz CT molecular complexity index is 1030. The molecule has 8 heteroatoms. The maximum atomic E-state index is 12.4. The second-order valence-corrected chi connectivity index (χ2v) is 7.50. The molecule has 1 aliphatic heterocycles. The number of fused-ring (bicyclic) bond motifs is 1. The summed E-state index contributed by atoms with van der Waals surface area (Å²) in [6.07, 6.45) is 4.80. The molecule has 0 spiro atoms. The van der Waals surface area contributed by atoms with E-state index in [2.05, 4.69) is 15.7 Å². The number of nitrogens with one attached hydrogen (secondary N) is 2. The molecule has 0 atom stereocenters. The minimum Gasteiger partial charge on any atom is -0.467 e. The number of rotatable bonds is 7. The fourth-order valence-corrected chi connectivity index (χ4v) is 4.04. The molecular formula is C21H20N4O3S. The molecule has 0 unspecified atom stereocenters. The van der Waals surface area contributed by atoms with Gasteiger partial charge in [-0.15, -0.1) is 0 Å². The van der Waals surface area contributed by atoms with E-state index in [9.17, 15) is 9.59 Å². The number of thioether (sulfide) groups is 1. The molecule has 2 amide bonds. The van der Waals surface area contributed by atoms with Crippen LogP contribution in [0.2, 0.25) is 0 Å². The van der Waals surface area contributed by atoms with E-state index in [1.807, 2.05) is 30.3 Å². The molecule has 4 rings (SSSR count). The van der Waals surface area contributed by atoms with Gasteiger partial charge in [0.05, 0.1) is 18.5 Å². The number of anilines is 1. The molecule has 148 valence electrons. The fraction of sp³-hybridized carbons (Fsp3) is 0.190. The average molecular weight is 408 g/mol. The first-order chi connectivity index (χ1) is 14.2. The molecule has 0 saturated carbocycles. The summed E-state index contributed by atoms with van der Waals surface area (Å²) in [6, 6.07) is 13.2. The van der Waals surface area contributed by atoms with Crippen LogP contribution >= 0.6 is 11.8 Å². The lowest BCUT2D eigenvalue weighted by Gasteiger charge is -2.10. The zero-order chi connectivity index (χ0) is 20.1. The SMILES string of the molecule is O=C(C=Cc1ccccc1)Nc1c2c(nn1CC(=O)NCc1ccco1)CSC2. The van der Waals surface area contributed by atoms with Crippen LogP contribution in [-0.2, 0) is 34.2 Å². The summed E-state index contributed by atoms with van der Waals surface area (Å²) in [7, 11) is 0. The summed E-state index contributed by atoms with van der Waals surface area (Å²) in [6.45, 7) is 0.334. The Labute approximate surface area is 172 Å². The molecule has 0 bridgehead atoms. The van der Waals surface area contributed by atoms with Gasteiger partial charge in [0.25, 0.3) is 0 Å². The molecule has 0 fully saturated rings. The Hall–Kier alpha value is -3.26. The number of benzene rings is 1. The van der Waals surface area contributed by atoms with E-state index in [4.69, 9.17) is 4.42 Å². The van der Waals surface area contributed by atoms with Crippen LogP contribution in [0.1, 0.15) is 22.6 Å². The summed E-state index contributed by atoms with van der Waals surface area (Å²) in [5.74, 6) is 2.34. The van der Waals surface area contributed by atoms with Gasteiger partial charge in [-0.3, -0.25) is 9.59 Å². The van der Waals surface area contributed by atoms with Crippen LogP contribution in [-0.4, -0.2) is 21.6 Å². The fourth-order valence-electron chi connectivity index (χ4n) is 3.01. The quantitative estimate of drug-likeness (QED) is 0.586. The Balaban J connectivity index is 1.44. The standard InChI is InChI=1S/C21H20N4O3S/c26-19(9-8-15-5-2-1-3-6-15)23-21-17-13-29-14-18(17)24-25(21)12-20(27)22-11-16-7-4-10-28-16/h1-10H,11-14H2,(H,22,27)(H,23,26). The molecule has 0 saturated heterocycles. The van der Waals surface area contributed by atoms with Crippen molar-refractivity contribution < 1.29 is 14.0 Å². The lowest BCUT2D eigenvalue weighted by atomic mass is 10.2. The van der Waals surface area contributed by atoms with Crippen molar-refractivity contribution in [3.05, 3.63) is 77.4 Å². The minimum absolute atomic E-state index is 0.0242. The number of hydrogen-bond acceptors (Lipinski definition) is 5. The minimum atomic E-state index is -0.259. The Morgan fingerprint density at radius 1 is 1.17 bits per heavy atom. The highest BCUT2D eigenvalue weighted by Crippen LogP contribution is 2.34. The van der Waals surface area contributed by atoms with Gasteiger partial charge in [-0.25, -0.2) is 4.68 Å². The van der Waals surface area contributed by atoms with Gasteiger partial charge >= 0.3 is 0 Å². The topological polar surface area (TPSA) is 89.2 Å². The van der Waals surface area contributed by atoms with Crippen LogP contribution in [0.3, 0.4) is 0 Å². The van der Waals surface area contributed by atoms with Crippen molar-refractivity contribution in [2.24, 2.45) is 0 Å². The normalized spacial score (nSPS) is 12.8. The summed E-state index contributed by atoms with van der Waals surface area (Å²) < 4.78 is 6.78. The lowest BCUT2D eigenvalue weighted by molar-refractivity contribution is -0.122. The molecule has 0 radical (unpaired) electrons. The summed E-state index contributed by atoms with van der Waals surface area (Å²) in [5, 5.41) is 10.2. The zero-order valence-electron chi connectivity index (χ0n) is 15.6. The third kappa shape index (κ3) is 4.78. The smallest absolute Gasteiger partial charge is 0.249 e. The zero-order valence-corrected chi connectivity index (χ0v) is 16.4. The molecular weight excluding hydrogens is 388 g/mol. The van der Waals surface area contributed by atoms with Crippen molar-refractivity contribution >= 4 is 35.5 Å². The number of nitrogens with zero attached hydrogens (tertiary/aromatic N) is 2. The molecule has 2 N–H and O–H groups in total. The van der Waals surface area contributed by atoms with Gasteiger partial charge in [0.15, 0.2) is 0 Å². The van der Waals surface area contributed by atoms with Crippen LogP contribution < -0.4 is 10.6 Å². The van der Waals surface area contributed by atoms with Gasteiger partial charge in [0.1, 0.15) is 18.1 Å². The highest BCUT2D eigenvalue weighted by Gasteiger charge is 2.24. The molecule has 1 aromatic carbocycles. The van der Waals surface area contributed by atoms with Crippen LogP contribution in [0.15, 0.2) is 59.2 Å². The van der Waals surface area contributed by atoms with Crippen LogP contribution in [0.4, 0.5) is 5.82 Å². The maximum Gasteiger partial charge on any atom is 0.249 e. The second-order valence-electron chi connectivity index (χ2n) is 6.51. The van der Waals surface area contributed by atoms with Gasteiger partial charge in [0, 0.05) is 23.1 Å². The van der Waals surface area contributed by atoms with Crippen molar-refractivity contribution in [2.45, 2.75) is 24.6 Å².